The molecule has 0 amide bonds. The van der Waals surface area contributed by atoms with Gasteiger partial charge in [-0.3, -0.25) is 14.8 Å². The molecule has 0 fully saturated rings. The molecule has 0 saturated heterocycles. The normalized spacial score (nSPS) is 11.3. The lowest BCUT2D eigenvalue weighted by Gasteiger charge is -2.12. The third kappa shape index (κ3) is 5.53. The molecule has 6 nitrogen and oxygen atoms in total. The summed E-state index contributed by atoms with van der Waals surface area (Å²) < 4.78 is 1.81. The molecule has 0 aliphatic carbocycles. The van der Waals surface area contributed by atoms with Crippen molar-refractivity contribution in [3.8, 4) is 0 Å². The second-order valence-electron chi connectivity index (χ2n) is 5.54. The van der Waals surface area contributed by atoms with Gasteiger partial charge in [-0.2, -0.15) is 0 Å². The molecule has 0 radical (unpaired) electrons. The van der Waals surface area contributed by atoms with E-state index in [1.54, 1.807) is 25.4 Å². The van der Waals surface area contributed by atoms with Crippen molar-refractivity contribution >= 4 is 5.96 Å². The molecule has 6 heteroatoms. The third-order valence-corrected chi connectivity index (χ3v) is 3.76. The van der Waals surface area contributed by atoms with Crippen LogP contribution in [-0.2, 0) is 13.1 Å². The molecule has 0 saturated carbocycles. The molecule has 24 heavy (non-hydrogen) atoms. The van der Waals surface area contributed by atoms with Gasteiger partial charge in [-0.15, -0.1) is 0 Å². The highest BCUT2D eigenvalue weighted by Gasteiger charge is 2.00. The second-order valence-corrected chi connectivity index (χ2v) is 5.54. The van der Waals surface area contributed by atoms with Crippen molar-refractivity contribution in [2.24, 2.45) is 4.99 Å². The van der Waals surface area contributed by atoms with Crippen LogP contribution in [0.4, 0.5) is 0 Å². The van der Waals surface area contributed by atoms with E-state index in [4.69, 9.17) is 0 Å². The smallest absolute Gasteiger partial charge is 0.250 e. The van der Waals surface area contributed by atoms with E-state index in [0.717, 1.165) is 43.3 Å². The first kappa shape index (κ1) is 17.7. The predicted molar refractivity (Wildman–Crippen MR) is 97.1 cm³/mol. The van der Waals surface area contributed by atoms with Crippen LogP contribution in [0.2, 0.25) is 0 Å². The van der Waals surface area contributed by atoms with E-state index in [1.165, 1.54) is 0 Å². The molecule has 2 N–H and O–H groups in total. The molecule has 0 aromatic carbocycles. The zero-order valence-corrected chi connectivity index (χ0v) is 14.3. The number of aromatic nitrogens is 2. The van der Waals surface area contributed by atoms with Crippen molar-refractivity contribution in [3.63, 3.8) is 0 Å². The molecule has 0 spiro atoms. The Hall–Kier alpha value is -2.63. The summed E-state index contributed by atoms with van der Waals surface area (Å²) in [5.41, 5.74) is 2.04. The second kappa shape index (κ2) is 9.50. The fraction of sp³-hybridized carbons (Fsp3) is 0.389. The topological polar surface area (TPSA) is 71.3 Å². The van der Waals surface area contributed by atoms with Crippen molar-refractivity contribution in [3.05, 3.63) is 64.3 Å². The highest BCUT2D eigenvalue weighted by Crippen LogP contribution is 1.98. The van der Waals surface area contributed by atoms with E-state index in [2.05, 4.69) is 20.6 Å². The summed E-state index contributed by atoms with van der Waals surface area (Å²) >= 11 is 0. The molecule has 0 unspecified atom stereocenters. The van der Waals surface area contributed by atoms with Crippen LogP contribution >= 0.6 is 0 Å². The first-order valence-corrected chi connectivity index (χ1v) is 8.21. The van der Waals surface area contributed by atoms with Crippen molar-refractivity contribution in [2.45, 2.75) is 32.9 Å². The number of guanidine groups is 1. The summed E-state index contributed by atoms with van der Waals surface area (Å²) in [5.74, 6) is 0.758. The molecule has 2 aromatic heterocycles. The first-order valence-electron chi connectivity index (χ1n) is 8.21. The Morgan fingerprint density at radius 3 is 2.75 bits per heavy atom. The highest BCUT2D eigenvalue weighted by molar-refractivity contribution is 5.79. The van der Waals surface area contributed by atoms with Crippen LogP contribution in [0.15, 0.2) is 52.4 Å². The Bertz CT molecular complexity index is 709. The molecule has 0 bridgehead atoms. The molecule has 128 valence electrons. The minimum Gasteiger partial charge on any atom is -0.356 e. The van der Waals surface area contributed by atoms with E-state index < -0.39 is 0 Å². The van der Waals surface area contributed by atoms with E-state index in [1.807, 2.05) is 35.8 Å². The van der Waals surface area contributed by atoms with Gasteiger partial charge in [-0.1, -0.05) is 12.1 Å². The van der Waals surface area contributed by atoms with E-state index in [0.29, 0.717) is 6.54 Å². The first-order chi connectivity index (χ1) is 11.7. The van der Waals surface area contributed by atoms with Crippen LogP contribution in [0, 0.1) is 6.92 Å². The Labute approximate surface area is 142 Å². The quantitative estimate of drug-likeness (QED) is 0.461. The predicted octanol–water partition coefficient (Wildman–Crippen LogP) is 1.70. The largest absolute Gasteiger partial charge is 0.356 e. The molecule has 2 aromatic rings. The lowest BCUT2D eigenvalue weighted by atomic mass is 10.3. The number of nitrogens with one attached hydrogen (secondary N) is 2. The van der Waals surface area contributed by atoms with Gasteiger partial charge in [-0.05, 0) is 38.0 Å². The van der Waals surface area contributed by atoms with Crippen LogP contribution in [0.25, 0.3) is 0 Å². The fourth-order valence-corrected chi connectivity index (χ4v) is 2.41. The summed E-state index contributed by atoms with van der Waals surface area (Å²) in [6, 6.07) is 11.2. The number of aryl methyl sites for hydroxylation is 1. The van der Waals surface area contributed by atoms with Crippen LogP contribution in [-0.4, -0.2) is 29.1 Å². The zero-order chi connectivity index (χ0) is 17.2. The SMILES string of the molecule is CN=C(NCCCCn1c(C)cccc1=O)NCc1ccccn1. The Morgan fingerprint density at radius 1 is 1.17 bits per heavy atom. The number of hydrogen-bond donors (Lipinski definition) is 2. The monoisotopic (exact) mass is 327 g/mol. The maximum Gasteiger partial charge on any atom is 0.250 e. The lowest BCUT2D eigenvalue weighted by Crippen LogP contribution is -2.37. The number of pyridine rings is 2. The number of unbranched alkanes of at least 4 members (excludes halogenated alkanes) is 1. The van der Waals surface area contributed by atoms with Gasteiger partial charge in [0.1, 0.15) is 0 Å². The van der Waals surface area contributed by atoms with Crippen LogP contribution in [0.1, 0.15) is 24.2 Å². The summed E-state index contributed by atoms with van der Waals surface area (Å²) in [6.07, 6.45) is 3.68. The average Bonchev–Trinajstić information content (AvgIpc) is 2.60. The van der Waals surface area contributed by atoms with Crippen molar-refractivity contribution in [2.75, 3.05) is 13.6 Å². The van der Waals surface area contributed by atoms with Gasteiger partial charge in [0.15, 0.2) is 5.96 Å². The highest BCUT2D eigenvalue weighted by atomic mass is 16.1. The number of aliphatic imine (C=N–C) groups is 1. The minimum atomic E-state index is 0.0656. The van der Waals surface area contributed by atoms with Crippen molar-refractivity contribution in [1.82, 2.24) is 20.2 Å². The molecular weight excluding hydrogens is 302 g/mol. The Kier molecular flexibility index (Phi) is 7.01. The van der Waals surface area contributed by atoms with Crippen molar-refractivity contribution in [1.29, 1.82) is 0 Å². The number of hydrogen-bond acceptors (Lipinski definition) is 3. The van der Waals surface area contributed by atoms with Gasteiger partial charge in [0.2, 0.25) is 0 Å². The van der Waals surface area contributed by atoms with Gasteiger partial charge in [0, 0.05) is 38.1 Å². The molecular formula is C18H25N5O. The number of nitrogens with zero attached hydrogens (tertiary/aromatic N) is 3. The molecule has 0 aliphatic rings. The maximum absolute atomic E-state index is 11.8. The van der Waals surface area contributed by atoms with Crippen LogP contribution < -0.4 is 16.2 Å². The van der Waals surface area contributed by atoms with Gasteiger partial charge < -0.3 is 15.2 Å². The molecule has 2 rings (SSSR count). The third-order valence-electron chi connectivity index (χ3n) is 3.76. The van der Waals surface area contributed by atoms with Gasteiger partial charge in [0.05, 0.1) is 12.2 Å². The fourth-order valence-electron chi connectivity index (χ4n) is 2.41. The summed E-state index contributed by atoms with van der Waals surface area (Å²) in [7, 11) is 1.75. The average molecular weight is 327 g/mol. The standard InChI is InChI=1S/C18H25N5O/c1-15-8-7-10-17(24)23(15)13-6-5-12-21-18(19-2)22-14-16-9-3-4-11-20-16/h3-4,7-11H,5-6,12-14H2,1-2H3,(H2,19,21,22). The van der Waals surface area contributed by atoms with Gasteiger partial charge >= 0.3 is 0 Å². The zero-order valence-electron chi connectivity index (χ0n) is 14.3. The summed E-state index contributed by atoms with van der Waals surface area (Å²) in [6.45, 7) is 4.15. The minimum absolute atomic E-state index is 0.0656. The Morgan fingerprint density at radius 2 is 2.04 bits per heavy atom. The van der Waals surface area contributed by atoms with E-state index >= 15 is 0 Å². The van der Waals surface area contributed by atoms with Gasteiger partial charge in [0.25, 0.3) is 5.56 Å². The maximum atomic E-state index is 11.8. The summed E-state index contributed by atoms with van der Waals surface area (Å²) in [5, 5.41) is 6.51. The van der Waals surface area contributed by atoms with Gasteiger partial charge in [-0.25, -0.2) is 0 Å². The Balaban J connectivity index is 1.68. The summed E-state index contributed by atoms with van der Waals surface area (Å²) in [4.78, 5) is 20.3. The van der Waals surface area contributed by atoms with Crippen LogP contribution in [0.5, 0.6) is 0 Å². The number of rotatable bonds is 7. The van der Waals surface area contributed by atoms with Crippen molar-refractivity contribution < 1.29 is 0 Å². The molecule has 0 atom stereocenters. The lowest BCUT2D eigenvalue weighted by molar-refractivity contribution is 0.574. The molecule has 0 aliphatic heterocycles. The van der Waals surface area contributed by atoms with Crippen LogP contribution in [0.3, 0.4) is 0 Å². The van der Waals surface area contributed by atoms with E-state index in [9.17, 15) is 4.79 Å². The van der Waals surface area contributed by atoms with E-state index in [-0.39, 0.29) is 5.56 Å². The molecule has 2 heterocycles.